The summed E-state index contributed by atoms with van der Waals surface area (Å²) in [6.45, 7) is 0. The molecule has 0 aliphatic heterocycles. The predicted octanol–water partition coefficient (Wildman–Crippen LogP) is 4.98. The number of aromatic hydroxyl groups is 1. The van der Waals surface area contributed by atoms with Crippen LogP contribution in [0.2, 0.25) is 0 Å². The fraction of sp³-hybridized carbons (Fsp3) is 0.0769. The topological polar surface area (TPSA) is 74.6 Å². The lowest BCUT2D eigenvalue weighted by atomic mass is 9.98. The van der Waals surface area contributed by atoms with Gasteiger partial charge in [-0.3, -0.25) is 4.55 Å². The van der Waals surface area contributed by atoms with Crippen LogP contribution in [-0.4, -0.2) is 18.1 Å². The highest BCUT2D eigenvalue weighted by atomic mass is 32.2. The summed E-state index contributed by atoms with van der Waals surface area (Å²) in [4.78, 5) is -0.155. The van der Waals surface area contributed by atoms with Crippen LogP contribution in [0.1, 0.15) is 22.3 Å². The fourth-order valence-electron chi connectivity index (χ4n) is 3.41. The fourth-order valence-corrected chi connectivity index (χ4v) is 3.89. The lowest BCUT2D eigenvalue weighted by molar-refractivity contribution is 0.475. The molecule has 0 aliphatic rings. The molecule has 0 unspecified atom stereocenters. The Bertz CT molecular complexity index is 1400. The van der Waals surface area contributed by atoms with Gasteiger partial charge in [0.25, 0.3) is 10.1 Å². The lowest BCUT2D eigenvalue weighted by Gasteiger charge is -2.09. The third kappa shape index (κ3) is 4.95. The first kappa shape index (κ1) is 20.7. The summed E-state index contributed by atoms with van der Waals surface area (Å²) in [6.07, 6.45) is 1.09. The molecule has 0 amide bonds. The molecular weight excluding hydrogens is 408 g/mol. The van der Waals surface area contributed by atoms with E-state index in [1.54, 1.807) is 12.1 Å². The summed E-state index contributed by atoms with van der Waals surface area (Å²) in [5.74, 6) is 6.52. The second kappa shape index (κ2) is 8.65. The van der Waals surface area contributed by atoms with Crippen LogP contribution in [0.5, 0.6) is 5.75 Å². The van der Waals surface area contributed by atoms with Gasteiger partial charge in [-0.25, -0.2) is 0 Å². The van der Waals surface area contributed by atoms with Crippen LogP contribution in [0, 0.1) is 11.8 Å². The minimum Gasteiger partial charge on any atom is -0.507 e. The molecule has 4 aromatic rings. The van der Waals surface area contributed by atoms with Crippen molar-refractivity contribution in [2.45, 2.75) is 17.7 Å². The Hall–Kier alpha value is -3.59. The second-order valence-corrected chi connectivity index (χ2v) is 8.69. The molecule has 0 atom stereocenters. The number of benzene rings is 4. The standard InChI is InChI=1S/C26H20O4S/c27-26-23(17-21-10-15-24(16-11-21)31(28,29)30)14-13-22-12-9-20(18-25(22)26)8-4-7-19-5-2-1-3-6-19/h1-3,5-6,9-16,18,27H,7,17H2,(H,28,29,30). The molecule has 0 heterocycles. The normalized spacial score (nSPS) is 11.1. The van der Waals surface area contributed by atoms with Crippen molar-refractivity contribution < 1.29 is 18.1 Å². The first-order chi connectivity index (χ1) is 14.9. The first-order valence-electron chi connectivity index (χ1n) is 9.74. The Morgan fingerprint density at radius 2 is 1.52 bits per heavy atom. The van der Waals surface area contributed by atoms with E-state index in [1.807, 2.05) is 60.7 Å². The molecule has 0 radical (unpaired) electrons. The molecule has 0 aromatic heterocycles. The van der Waals surface area contributed by atoms with Gasteiger partial charge in [0.2, 0.25) is 0 Å². The van der Waals surface area contributed by atoms with E-state index in [9.17, 15) is 13.5 Å². The van der Waals surface area contributed by atoms with Gasteiger partial charge in [-0.05, 0) is 46.3 Å². The number of hydrogen-bond donors (Lipinski definition) is 2. The van der Waals surface area contributed by atoms with Gasteiger partial charge in [0, 0.05) is 23.8 Å². The van der Waals surface area contributed by atoms with E-state index in [0.717, 1.165) is 33.0 Å². The summed E-state index contributed by atoms with van der Waals surface area (Å²) < 4.78 is 31.5. The maximum Gasteiger partial charge on any atom is 0.294 e. The number of phenols is 1. The number of phenolic OH excluding ortho intramolecular Hbond substituents is 1. The van der Waals surface area contributed by atoms with Crippen molar-refractivity contribution >= 4 is 20.9 Å². The number of rotatable bonds is 4. The number of hydrogen-bond acceptors (Lipinski definition) is 3. The van der Waals surface area contributed by atoms with Crippen molar-refractivity contribution in [2.24, 2.45) is 0 Å². The van der Waals surface area contributed by atoms with Crippen LogP contribution >= 0.6 is 0 Å². The van der Waals surface area contributed by atoms with E-state index in [2.05, 4.69) is 11.8 Å². The molecule has 31 heavy (non-hydrogen) atoms. The zero-order chi connectivity index (χ0) is 21.8. The summed E-state index contributed by atoms with van der Waals surface area (Å²) in [6, 6.07) is 25.5. The van der Waals surface area contributed by atoms with Crippen LogP contribution in [0.3, 0.4) is 0 Å². The van der Waals surface area contributed by atoms with Crippen molar-refractivity contribution in [3.8, 4) is 17.6 Å². The summed E-state index contributed by atoms with van der Waals surface area (Å²) in [5.41, 5.74) is 3.52. The zero-order valence-corrected chi connectivity index (χ0v) is 17.4. The van der Waals surface area contributed by atoms with Gasteiger partial charge in [-0.15, -0.1) is 0 Å². The highest BCUT2D eigenvalue weighted by molar-refractivity contribution is 7.85. The summed E-state index contributed by atoms with van der Waals surface area (Å²) >= 11 is 0. The van der Waals surface area contributed by atoms with Crippen molar-refractivity contribution in [3.63, 3.8) is 0 Å². The quantitative estimate of drug-likeness (QED) is 0.355. The molecule has 0 fully saturated rings. The zero-order valence-electron chi connectivity index (χ0n) is 16.6. The van der Waals surface area contributed by atoms with Crippen molar-refractivity contribution in [1.29, 1.82) is 0 Å². The summed E-state index contributed by atoms with van der Waals surface area (Å²) in [7, 11) is -4.22. The SMILES string of the molecule is O=S(=O)(O)c1ccc(Cc2ccc3ccc(C#CCc4ccccc4)cc3c2O)cc1. The van der Waals surface area contributed by atoms with E-state index in [-0.39, 0.29) is 10.6 Å². The molecule has 0 saturated carbocycles. The average molecular weight is 429 g/mol. The van der Waals surface area contributed by atoms with Gasteiger partial charge < -0.3 is 5.11 Å². The van der Waals surface area contributed by atoms with Crippen LogP contribution in [0.25, 0.3) is 10.8 Å². The predicted molar refractivity (Wildman–Crippen MR) is 122 cm³/mol. The molecule has 2 N–H and O–H groups in total. The van der Waals surface area contributed by atoms with Crippen LogP contribution in [-0.2, 0) is 23.0 Å². The highest BCUT2D eigenvalue weighted by Gasteiger charge is 2.11. The Morgan fingerprint density at radius 1 is 0.806 bits per heavy atom. The van der Waals surface area contributed by atoms with Gasteiger partial charge in [-0.2, -0.15) is 8.42 Å². The minimum absolute atomic E-state index is 0.155. The maximum atomic E-state index is 11.2. The molecule has 0 aliphatic carbocycles. The molecule has 0 spiro atoms. The van der Waals surface area contributed by atoms with E-state index in [1.165, 1.54) is 12.1 Å². The van der Waals surface area contributed by atoms with Gasteiger partial charge >= 0.3 is 0 Å². The monoisotopic (exact) mass is 428 g/mol. The third-order valence-electron chi connectivity index (χ3n) is 5.06. The highest BCUT2D eigenvalue weighted by Crippen LogP contribution is 2.31. The lowest BCUT2D eigenvalue weighted by Crippen LogP contribution is -1.98. The molecule has 5 heteroatoms. The minimum atomic E-state index is -4.22. The van der Waals surface area contributed by atoms with E-state index in [4.69, 9.17) is 4.55 Å². The van der Waals surface area contributed by atoms with Gasteiger partial charge in [0.05, 0.1) is 4.90 Å². The van der Waals surface area contributed by atoms with Crippen molar-refractivity contribution in [1.82, 2.24) is 0 Å². The first-order valence-corrected chi connectivity index (χ1v) is 11.2. The van der Waals surface area contributed by atoms with Crippen LogP contribution in [0.15, 0.2) is 89.8 Å². The molecule has 4 rings (SSSR count). The molecular formula is C26H20O4S. The van der Waals surface area contributed by atoms with Crippen molar-refractivity contribution in [2.75, 3.05) is 0 Å². The van der Waals surface area contributed by atoms with Crippen molar-refractivity contribution in [3.05, 3.63) is 107 Å². The second-order valence-electron chi connectivity index (χ2n) is 7.27. The van der Waals surface area contributed by atoms with Gasteiger partial charge in [0.15, 0.2) is 0 Å². The Morgan fingerprint density at radius 3 is 2.23 bits per heavy atom. The van der Waals surface area contributed by atoms with Crippen LogP contribution < -0.4 is 0 Å². The molecule has 0 bridgehead atoms. The molecule has 4 nitrogen and oxygen atoms in total. The smallest absolute Gasteiger partial charge is 0.294 e. The van der Waals surface area contributed by atoms with E-state index >= 15 is 0 Å². The summed E-state index contributed by atoms with van der Waals surface area (Å²) in [5, 5.41) is 12.5. The Kier molecular flexibility index (Phi) is 5.77. The average Bonchev–Trinajstić information content (AvgIpc) is 2.76. The van der Waals surface area contributed by atoms with E-state index in [0.29, 0.717) is 12.8 Å². The van der Waals surface area contributed by atoms with E-state index < -0.39 is 10.1 Å². The van der Waals surface area contributed by atoms with Gasteiger partial charge in [-0.1, -0.05) is 72.5 Å². The Balaban J connectivity index is 1.59. The molecule has 154 valence electrons. The number of fused-ring (bicyclic) bond motifs is 1. The maximum absolute atomic E-state index is 11.2. The van der Waals surface area contributed by atoms with Gasteiger partial charge in [0.1, 0.15) is 5.75 Å². The Labute approximate surface area is 181 Å². The van der Waals surface area contributed by atoms with Crippen LogP contribution in [0.4, 0.5) is 0 Å². The molecule has 4 aromatic carbocycles. The third-order valence-corrected chi connectivity index (χ3v) is 5.93. The molecule has 0 saturated heterocycles. The largest absolute Gasteiger partial charge is 0.507 e.